The zero-order chi connectivity index (χ0) is 13.1. The van der Waals surface area contributed by atoms with Gasteiger partial charge in [-0.15, -0.1) is 0 Å². The van der Waals surface area contributed by atoms with Gasteiger partial charge < -0.3 is 11.1 Å². The maximum absolute atomic E-state index is 13.5. The van der Waals surface area contributed by atoms with Crippen molar-refractivity contribution in [3.63, 3.8) is 0 Å². The van der Waals surface area contributed by atoms with E-state index in [1.54, 1.807) is 6.07 Å². The predicted molar refractivity (Wildman–Crippen MR) is 68.0 cm³/mol. The summed E-state index contributed by atoms with van der Waals surface area (Å²) in [5, 5.41) is 2.82. The fourth-order valence-electron chi connectivity index (χ4n) is 1.36. The van der Waals surface area contributed by atoms with E-state index in [-0.39, 0.29) is 11.3 Å². The first-order valence-electron chi connectivity index (χ1n) is 5.04. The van der Waals surface area contributed by atoms with Crippen LogP contribution in [0.5, 0.6) is 0 Å². The molecule has 4 nitrogen and oxygen atoms in total. The molecule has 2 aromatic rings. The zero-order valence-electron chi connectivity index (χ0n) is 9.15. The van der Waals surface area contributed by atoms with Crippen molar-refractivity contribution in [3.05, 3.63) is 53.1 Å². The van der Waals surface area contributed by atoms with E-state index in [0.29, 0.717) is 10.8 Å². The van der Waals surface area contributed by atoms with E-state index in [4.69, 9.17) is 17.3 Å². The Bertz CT molecular complexity index is 586. The number of nitrogens with one attached hydrogen (secondary N) is 1. The first kappa shape index (κ1) is 12.3. The van der Waals surface area contributed by atoms with Gasteiger partial charge in [0.25, 0.3) is 5.91 Å². The third-order valence-corrected chi connectivity index (χ3v) is 2.45. The highest BCUT2D eigenvalue weighted by molar-refractivity contribution is 6.29. The minimum absolute atomic E-state index is 0.0841. The van der Waals surface area contributed by atoms with Crippen molar-refractivity contribution >= 4 is 28.9 Å². The van der Waals surface area contributed by atoms with E-state index in [2.05, 4.69) is 10.3 Å². The minimum Gasteiger partial charge on any atom is -0.399 e. The van der Waals surface area contributed by atoms with Crippen LogP contribution in [0.1, 0.15) is 10.4 Å². The first-order valence-corrected chi connectivity index (χ1v) is 5.42. The van der Waals surface area contributed by atoms with Crippen LogP contribution in [0.3, 0.4) is 0 Å². The van der Waals surface area contributed by atoms with Gasteiger partial charge in [0.1, 0.15) is 11.0 Å². The Balaban J connectivity index is 2.19. The number of amides is 1. The normalized spacial score (nSPS) is 10.1. The Kier molecular flexibility index (Phi) is 3.43. The molecule has 0 unspecified atom stereocenters. The van der Waals surface area contributed by atoms with Gasteiger partial charge in [-0.2, -0.15) is 0 Å². The van der Waals surface area contributed by atoms with Crippen LogP contribution < -0.4 is 11.1 Å². The SMILES string of the molecule is Nc1ccc(C(=O)Nc2ccc(Cl)nc2)c(F)c1. The second-order valence-corrected chi connectivity index (χ2v) is 3.95. The molecule has 18 heavy (non-hydrogen) atoms. The second kappa shape index (κ2) is 5.01. The molecule has 6 heteroatoms. The van der Waals surface area contributed by atoms with Crippen LogP contribution in [0, 0.1) is 5.82 Å². The van der Waals surface area contributed by atoms with E-state index in [1.165, 1.54) is 24.4 Å². The van der Waals surface area contributed by atoms with Crippen LogP contribution in [-0.4, -0.2) is 10.9 Å². The average molecular weight is 266 g/mol. The molecule has 0 aliphatic heterocycles. The number of benzene rings is 1. The Morgan fingerprint density at radius 2 is 2.11 bits per heavy atom. The predicted octanol–water partition coefficient (Wildman–Crippen LogP) is 2.71. The third-order valence-electron chi connectivity index (χ3n) is 2.22. The Labute approximate surface area is 108 Å². The van der Waals surface area contributed by atoms with Crippen molar-refractivity contribution in [2.75, 3.05) is 11.1 Å². The molecule has 0 aliphatic rings. The molecule has 0 saturated heterocycles. The summed E-state index contributed by atoms with van der Waals surface area (Å²) in [4.78, 5) is 15.6. The number of anilines is 2. The molecule has 0 radical (unpaired) electrons. The number of nitrogens with two attached hydrogens (primary N) is 1. The summed E-state index contributed by atoms with van der Waals surface area (Å²) in [5.74, 6) is -1.24. The number of nitrogens with zero attached hydrogens (tertiary/aromatic N) is 1. The van der Waals surface area contributed by atoms with E-state index < -0.39 is 11.7 Å². The highest BCUT2D eigenvalue weighted by Crippen LogP contribution is 2.15. The molecule has 0 atom stereocenters. The summed E-state index contributed by atoms with van der Waals surface area (Å²) in [6, 6.07) is 6.97. The summed E-state index contributed by atoms with van der Waals surface area (Å²) in [7, 11) is 0. The van der Waals surface area contributed by atoms with Gasteiger partial charge in [-0.1, -0.05) is 11.6 Å². The van der Waals surface area contributed by atoms with Crippen molar-refractivity contribution in [3.8, 4) is 0 Å². The lowest BCUT2D eigenvalue weighted by molar-refractivity contribution is 0.102. The Morgan fingerprint density at radius 3 is 2.72 bits per heavy atom. The number of hydrogen-bond acceptors (Lipinski definition) is 3. The molecule has 0 fully saturated rings. The van der Waals surface area contributed by atoms with Gasteiger partial charge in [0, 0.05) is 5.69 Å². The standard InChI is InChI=1S/C12H9ClFN3O/c13-11-4-2-8(6-16-11)17-12(18)9-3-1-7(15)5-10(9)14/h1-6H,15H2,(H,17,18). The summed E-state index contributed by atoms with van der Waals surface area (Å²) >= 11 is 5.61. The maximum Gasteiger partial charge on any atom is 0.258 e. The van der Waals surface area contributed by atoms with Crippen molar-refractivity contribution in [1.29, 1.82) is 0 Å². The summed E-state index contributed by atoms with van der Waals surface area (Å²) in [6.07, 6.45) is 1.38. The van der Waals surface area contributed by atoms with Gasteiger partial charge in [0.15, 0.2) is 0 Å². The monoisotopic (exact) mass is 265 g/mol. The fourth-order valence-corrected chi connectivity index (χ4v) is 1.48. The number of carbonyl (C=O) groups excluding carboxylic acids is 1. The molecule has 3 N–H and O–H groups in total. The van der Waals surface area contributed by atoms with Gasteiger partial charge in [0.2, 0.25) is 0 Å². The number of nitrogen functional groups attached to an aromatic ring is 1. The van der Waals surface area contributed by atoms with E-state index in [9.17, 15) is 9.18 Å². The molecular weight excluding hydrogens is 257 g/mol. The summed E-state index contributed by atoms with van der Waals surface area (Å²) in [6.45, 7) is 0. The van der Waals surface area contributed by atoms with Crippen molar-refractivity contribution < 1.29 is 9.18 Å². The lowest BCUT2D eigenvalue weighted by atomic mass is 10.2. The number of hydrogen-bond donors (Lipinski definition) is 2. The fraction of sp³-hybridized carbons (Fsp3) is 0. The molecular formula is C12H9ClFN3O. The van der Waals surface area contributed by atoms with Crippen LogP contribution >= 0.6 is 11.6 Å². The number of carbonyl (C=O) groups is 1. The van der Waals surface area contributed by atoms with Gasteiger partial charge in [-0.3, -0.25) is 4.79 Å². The van der Waals surface area contributed by atoms with Crippen LogP contribution in [0.2, 0.25) is 5.15 Å². The lowest BCUT2D eigenvalue weighted by Crippen LogP contribution is -2.14. The van der Waals surface area contributed by atoms with Crippen LogP contribution in [-0.2, 0) is 0 Å². The molecule has 1 amide bonds. The second-order valence-electron chi connectivity index (χ2n) is 3.56. The van der Waals surface area contributed by atoms with Gasteiger partial charge in [-0.05, 0) is 30.3 Å². The van der Waals surface area contributed by atoms with E-state index in [1.807, 2.05) is 0 Å². The summed E-state index contributed by atoms with van der Waals surface area (Å²) < 4.78 is 13.5. The van der Waals surface area contributed by atoms with Crippen molar-refractivity contribution in [2.24, 2.45) is 0 Å². The topological polar surface area (TPSA) is 68.0 Å². The molecule has 0 spiro atoms. The van der Waals surface area contributed by atoms with Gasteiger partial charge in [-0.25, -0.2) is 9.37 Å². The van der Waals surface area contributed by atoms with Crippen LogP contribution in [0.4, 0.5) is 15.8 Å². The van der Waals surface area contributed by atoms with Crippen LogP contribution in [0.15, 0.2) is 36.5 Å². The summed E-state index contributed by atoms with van der Waals surface area (Å²) in [5.41, 5.74) is 6.01. The number of halogens is 2. The highest BCUT2D eigenvalue weighted by Gasteiger charge is 2.12. The Morgan fingerprint density at radius 1 is 1.33 bits per heavy atom. The average Bonchev–Trinajstić information content (AvgIpc) is 2.32. The largest absolute Gasteiger partial charge is 0.399 e. The number of pyridine rings is 1. The molecule has 1 aromatic carbocycles. The van der Waals surface area contributed by atoms with Crippen molar-refractivity contribution in [1.82, 2.24) is 4.98 Å². The molecule has 0 aliphatic carbocycles. The van der Waals surface area contributed by atoms with Crippen molar-refractivity contribution in [2.45, 2.75) is 0 Å². The van der Waals surface area contributed by atoms with E-state index >= 15 is 0 Å². The third kappa shape index (κ3) is 2.75. The quantitative estimate of drug-likeness (QED) is 0.648. The maximum atomic E-state index is 13.5. The van der Waals surface area contributed by atoms with Crippen LogP contribution in [0.25, 0.3) is 0 Å². The van der Waals surface area contributed by atoms with Gasteiger partial charge >= 0.3 is 0 Å². The molecule has 1 heterocycles. The molecule has 92 valence electrons. The minimum atomic E-state index is -0.672. The smallest absolute Gasteiger partial charge is 0.258 e. The molecule has 1 aromatic heterocycles. The van der Waals surface area contributed by atoms with E-state index in [0.717, 1.165) is 6.07 Å². The molecule has 2 rings (SSSR count). The Hall–Kier alpha value is -2.14. The van der Waals surface area contributed by atoms with Gasteiger partial charge in [0.05, 0.1) is 17.4 Å². The highest BCUT2D eigenvalue weighted by atomic mass is 35.5. The first-order chi connectivity index (χ1) is 8.56. The molecule has 0 bridgehead atoms. The number of rotatable bonds is 2. The molecule has 0 saturated carbocycles. The number of aromatic nitrogens is 1. The zero-order valence-corrected chi connectivity index (χ0v) is 9.91. The lowest BCUT2D eigenvalue weighted by Gasteiger charge is -2.06.